The molecular formula is C16H18S. The Bertz CT molecular complexity index is 524. The van der Waals surface area contributed by atoms with Crippen LogP contribution in [0.15, 0.2) is 46.2 Å². The van der Waals surface area contributed by atoms with Crippen LogP contribution in [0.1, 0.15) is 22.3 Å². The fourth-order valence-corrected chi connectivity index (χ4v) is 2.76. The van der Waals surface area contributed by atoms with Crippen molar-refractivity contribution in [2.75, 3.05) is 0 Å². The summed E-state index contributed by atoms with van der Waals surface area (Å²) in [6.45, 7) is 8.65. The Labute approximate surface area is 108 Å². The summed E-state index contributed by atoms with van der Waals surface area (Å²) in [4.78, 5) is 2.67. The summed E-state index contributed by atoms with van der Waals surface area (Å²) in [6.07, 6.45) is 0. The third kappa shape index (κ3) is 2.92. The first kappa shape index (κ1) is 12.3. The molecule has 0 fully saturated rings. The molecule has 0 spiro atoms. The molecule has 0 amide bonds. The van der Waals surface area contributed by atoms with Crippen molar-refractivity contribution in [1.82, 2.24) is 0 Å². The van der Waals surface area contributed by atoms with Crippen molar-refractivity contribution in [3.05, 3.63) is 58.7 Å². The molecular weight excluding hydrogens is 224 g/mol. The Morgan fingerprint density at radius 3 is 1.94 bits per heavy atom. The van der Waals surface area contributed by atoms with Gasteiger partial charge in [0.1, 0.15) is 0 Å². The van der Waals surface area contributed by atoms with E-state index in [1.165, 1.54) is 32.0 Å². The third-order valence-corrected chi connectivity index (χ3v) is 4.21. The average Bonchev–Trinajstić information content (AvgIpc) is 2.29. The molecule has 1 heteroatoms. The predicted octanol–water partition coefficient (Wildman–Crippen LogP) is 5.07. The largest absolute Gasteiger partial charge is 0.0898 e. The van der Waals surface area contributed by atoms with Crippen molar-refractivity contribution < 1.29 is 0 Å². The summed E-state index contributed by atoms with van der Waals surface area (Å²) in [5, 5.41) is 0. The Morgan fingerprint density at radius 1 is 0.706 bits per heavy atom. The van der Waals surface area contributed by atoms with E-state index in [4.69, 9.17) is 0 Å². The van der Waals surface area contributed by atoms with Gasteiger partial charge in [0.15, 0.2) is 0 Å². The van der Waals surface area contributed by atoms with E-state index in [1.807, 2.05) is 11.8 Å². The normalized spacial score (nSPS) is 10.6. The number of hydrogen-bond acceptors (Lipinski definition) is 1. The van der Waals surface area contributed by atoms with Gasteiger partial charge in [-0.15, -0.1) is 0 Å². The molecule has 0 aliphatic heterocycles. The van der Waals surface area contributed by atoms with Gasteiger partial charge in [-0.3, -0.25) is 0 Å². The van der Waals surface area contributed by atoms with Gasteiger partial charge >= 0.3 is 0 Å². The number of benzene rings is 2. The predicted molar refractivity (Wildman–Crippen MR) is 76.0 cm³/mol. The molecule has 0 nitrogen and oxygen atoms in total. The Kier molecular flexibility index (Phi) is 3.58. The fraction of sp³-hybridized carbons (Fsp3) is 0.250. The van der Waals surface area contributed by atoms with E-state index in [1.54, 1.807) is 0 Å². The molecule has 2 aromatic carbocycles. The Hall–Kier alpha value is -1.21. The van der Waals surface area contributed by atoms with Gasteiger partial charge in [-0.05, 0) is 62.6 Å². The maximum Gasteiger partial charge on any atom is 0.0154 e. The second-order valence-corrected chi connectivity index (χ2v) is 5.73. The van der Waals surface area contributed by atoms with Crippen molar-refractivity contribution in [1.29, 1.82) is 0 Å². The molecule has 0 aliphatic rings. The summed E-state index contributed by atoms with van der Waals surface area (Å²) in [6, 6.07) is 13.3. The third-order valence-electron chi connectivity index (χ3n) is 3.04. The topological polar surface area (TPSA) is 0 Å². The van der Waals surface area contributed by atoms with Crippen LogP contribution in [0.25, 0.3) is 0 Å². The molecule has 0 atom stereocenters. The van der Waals surface area contributed by atoms with Gasteiger partial charge in [0.2, 0.25) is 0 Å². The molecule has 0 saturated carbocycles. The van der Waals surface area contributed by atoms with Gasteiger partial charge in [0.05, 0.1) is 0 Å². The fourth-order valence-electron chi connectivity index (χ4n) is 1.78. The molecule has 88 valence electrons. The lowest BCUT2D eigenvalue weighted by Crippen LogP contribution is -1.86. The lowest BCUT2D eigenvalue weighted by atomic mass is 10.1. The zero-order valence-electron chi connectivity index (χ0n) is 10.9. The maximum absolute atomic E-state index is 2.29. The SMILES string of the molecule is Cc1ccc(Sc2cc(C)c(C)cc2C)cc1. The minimum absolute atomic E-state index is 1.31. The van der Waals surface area contributed by atoms with Crippen LogP contribution in [0.3, 0.4) is 0 Å². The second kappa shape index (κ2) is 4.97. The van der Waals surface area contributed by atoms with Crippen LogP contribution < -0.4 is 0 Å². The molecule has 2 aromatic rings. The van der Waals surface area contributed by atoms with E-state index in [-0.39, 0.29) is 0 Å². The van der Waals surface area contributed by atoms with Crippen molar-refractivity contribution in [3.8, 4) is 0 Å². The quantitative estimate of drug-likeness (QED) is 0.708. The molecule has 0 aliphatic carbocycles. The van der Waals surface area contributed by atoms with E-state index in [0.29, 0.717) is 0 Å². The van der Waals surface area contributed by atoms with Gasteiger partial charge in [0, 0.05) is 9.79 Å². The van der Waals surface area contributed by atoms with Crippen LogP contribution in [0.2, 0.25) is 0 Å². The van der Waals surface area contributed by atoms with Crippen LogP contribution in [0, 0.1) is 27.7 Å². The first-order valence-corrected chi connectivity index (χ1v) is 6.70. The molecule has 0 bridgehead atoms. The van der Waals surface area contributed by atoms with Crippen LogP contribution in [-0.4, -0.2) is 0 Å². The van der Waals surface area contributed by atoms with E-state index < -0.39 is 0 Å². The molecule has 0 aromatic heterocycles. The minimum atomic E-state index is 1.31. The smallest absolute Gasteiger partial charge is 0.0154 e. The number of rotatable bonds is 2. The molecule has 0 N–H and O–H groups in total. The van der Waals surface area contributed by atoms with Crippen molar-refractivity contribution in [2.45, 2.75) is 37.5 Å². The van der Waals surface area contributed by atoms with Crippen molar-refractivity contribution >= 4 is 11.8 Å². The highest BCUT2D eigenvalue weighted by Crippen LogP contribution is 2.31. The highest BCUT2D eigenvalue weighted by atomic mass is 32.2. The first-order valence-electron chi connectivity index (χ1n) is 5.88. The molecule has 0 radical (unpaired) electrons. The molecule has 17 heavy (non-hydrogen) atoms. The van der Waals surface area contributed by atoms with E-state index in [0.717, 1.165) is 0 Å². The van der Waals surface area contributed by atoms with Gasteiger partial charge < -0.3 is 0 Å². The standard InChI is InChI=1S/C16H18S/c1-11-5-7-15(8-6-11)17-16-10-13(3)12(2)9-14(16)4/h5-10H,1-4H3. The molecule has 0 heterocycles. The van der Waals surface area contributed by atoms with Crippen LogP contribution in [0.4, 0.5) is 0 Å². The maximum atomic E-state index is 2.29. The lowest BCUT2D eigenvalue weighted by Gasteiger charge is -2.09. The summed E-state index contributed by atoms with van der Waals surface area (Å²) in [7, 11) is 0. The van der Waals surface area contributed by atoms with Crippen molar-refractivity contribution in [3.63, 3.8) is 0 Å². The summed E-state index contributed by atoms with van der Waals surface area (Å²) < 4.78 is 0. The zero-order valence-corrected chi connectivity index (χ0v) is 11.7. The number of aryl methyl sites for hydroxylation is 4. The minimum Gasteiger partial charge on any atom is -0.0898 e. The van der Waals surface area contributed by atoms with Gasteiger partial charge in [-0.1, -0.05) is 35.5 Å². The highest BCUT2D eigenvalue weighted by molar-refractivity contribution is 7.99. The van der Waals surface area contributed by atoms with Gasteiger partial charge in [-0.2, -0.15) is 0 Å². The van der Waals surface area contributed by atoms with Crippen LogP contribution >= 0.6 is 11.8 Å². The van der Waals surface area contributed by atoms with Crippen LogP contribution in [-0.2, 0) is 0 Å². The summed E-state index contributed by atoms with van der Waals surface area (Å²) in [5.74, 6) is 0. The molecule has 0 unspecified atom stereocenters. The second-order valence-electron chi connectivity index (χ2n) is 4.62. The summed E-state index contributed by atoms with van der Waals surface area (Å²) >= 11 is 1.85. The molecule has 0 saturated heterocycles. The van der Waals surface area contributed by atoms with Crippen LogP contribution in [0.5, 0.6) is 0 Å². The monoisotopic (exact) mass is 242 g/mol. The van der Waals surface area contributed by atoms with Gasteiger partial charge in [-0.25, -0.2) is 0 Å². The first-order chi connectivity index (χ1) is 8.06. The van der Waals surface area contributed by atoms with E-state index >= 15 is 0 Å². The number of hydrogen-bond donors (Lipinski definition) is 0. The zero-order chi connectivity index (χ0) is 12.4. The highest BCUT2D eigenvalue weighted by Gasteiger charge is 2.03. The average molecular weight is 242 g/mol. The van der Waals surface area contributed by atoms with Crippen molar-refractivity contribution in [2.24, 2.45) is 0 Å². The molecule has 2 rings (SSSR count). The Morgan fingerprint density at radius 2 is 1.29 bits per heavy atom. The van der Waals surface area contributed by atoms with E-state index in [2.05, 4.69) is 64.1 Å². The van der Waals surface area contributed by atoms with E-state index in [9.17, 15) is 0 Å². The Balaban J connectivity index is 2.30. The summed E-state index contributed by atoms with van der Waals surface area (Å²) in [5.41, 5.74) is 5.41. The lowest BCUT2D eigenvalue weighted by molar-refractivity contribution is 1.21. The van der Waals surface area contributed by atoms with Gasteiger partial charge in [0.25, 0.3) is 0 Å².